The van der Waals surface area contributed by atoms with Gasteiger partial charge in [-0.2, -0.15) is 8.88 Å². The van der Waals surface area contributed by atoms with E-state index in [9.17, 15) is 33.6 Å². The number of rotatable bonds is 35. The highest BCUT2D eigenvalue weighted by atomic mass is 32.2. The number of esters is 1. The van der Waals surface area contributed by atoms with Crippen molar-refractivity contribution in [1.82, 2.24) is 39.9 Å². The molecule has 8 aromatic rings. The van der Waals surface area contributed by atoms with Crippen molar-refractivity contribution in [2.75, 3.05) is 58.8 Å². The number of unbranched alkanes of at least 4 members (excludes halogenated alkanes) is 3. The number of nitrogens with zero attached hydrogens (tertiary/aromatic N) is 4. The fourth-order valence-electron chi connectivity index (χ4n) is 15.5. The lowest BCUT2D eigenvalue weighted by molar-refractivity contribution is -0.362. The quantitative estimate of drug-likeness (QED) is 0.00708. The van der Waals surface area contributed by atoms with E-state index in [0.29, 0.717) is 128 Å². The summed E-state index contributed by atoms with van der Waals surface area (Å²) in [6, 6.07) is 63.9. The van der Waals surface area contributed by atoms with Gasteiger partial charge in [0.1, 0.15) is 49.0 Å². The minimum absolute atomic E-state index is 0.00584. The number of ketones is 1. The number of halogens is 2. The minimum Gasteiger partial charge on any atom is -0.497 e. The van der Waals surface area contributed by atoms with Gasteiger partial charge in [0.2, 0.25) is 44.7 Å². The molecule has 1 aliphatic carbocycles. The average Bonchev–Trinajstić information content (AvgIpc) is 1.63. The van der Waals surface area contributed by atoms with E-state index >= 15 is 17.0 Å². The van der Waals surface area contributed by atoms with Gasteiger partial charge in [0.25, 0.3) is 0 Å². The van der Waals surface area contributed by atoms with E-state index in [1.807, 2.05) is 122 Å². The first-order valence-electron chi connectivity index (χ1n) is 39.9. The lowest BCUT2D eigenvalue weighted by Gasteiger charge is -2.31. The van der Waals surface area contributed by atoms with E-state index < -0.39 is 77.8 Å². The minimum atomic E-state index is -4.27. The highest BCUT2D eigenvalue weighted by molar-refractivity contribution is 7.89. The summed E-state index contributed by atoms with van der Waals surface area (Å²) in [5, 5.41) is 18.9. The van der Waals surface area contributed by atoms with E-state index in [1.165, 1.54) is 4.31 Å². The Morgan fingerprint density at radius 1 is 0.653 bits per heavy atom. The lowest BCUT2D eigenvalue weighted by atomic mass is 9.89. The number of anilines is 2. The van der Waals surface area contributed by atoms with Gasteiger partial charge < -0.3 is 68.1 Å². The van der Waals surface area contributed by atoms with Crippen molar-refractivity contribution in [3.63, 3.8) is 0 Å². The number of sulfonamides is 1. The predicted octanol–water partition coefficient (Wildman–Crippen LogP) is 13.6. The van der Waals surface area contributed by atoms with Gasteiger partial charge in [0, 0.05) is 145 Å². The van der Waals surface area contributed by atoms with E-state index in [0.717, 1.165) is 31.4 Å². The monoisotopic (exact) mass is 1620 g/mol. The van der Waals surface area contributed by atoms with Crippen LogP contribution in [-0.4, -0.2) is 141 Å². The number of carbonyl (C=O) groups excluding carboxylic acids is 7. The maximum absolute atomic E-state index is 16.6. The number of ether oxygens (including phenoxy) is 3. The van der Waals surface area contributed by atoms with Crippen LogP contribution < -0.4 is 46.6 Å². The molecule has 0 bridgehead atoms. The molecule has 27 heteroatoms. The van der Waals surface area contributed by atoms with Gasteiger partial charge in [0.05, 0.1) is 24.1 Å². The van der Waals surface area contributed by atoms with Crippen molar-refractivity contribution >= 4 is 98.3 Å². The molecule has 610 valence electrons. The topological polar surface area (TPSA) is 281 Å². The van der Waals surface area contributed by atoms with Crippen LogP contribution in [0.2, 0.25) is 0 Å². The number of Topliss-reactive ketones (excluding diaryl/α,β-unsaturated/α-hetero) is 1. The zero-order valence-electron chi connectivity index (χ0n) is 66.4. The summed E-state index contributed by atoms with van der Waals surface area (Å²) >= 11 is 0. The number of para-hydroxylation sites is 2. The molecule has 118 heavy (non-hydrogen) atoms. The van der Waals surface area contributed by atoms with Crippen LogP contribution in [-0.2, 0) is 61.3 Å². The number of benzene rings is 8. The van der Waals surface area contributed by atoms with Crippen LogP contribution in [0.5, 0.6) is 5.75 Å². The predicted molar refractivity (Wildman–Crippen MR) is 450 cm³/mol. The zero-order valence-corrected chi connectivity index (χ0v) is 67.2. The van der Waals surface area contributed by atoms with Gasteiger partial charge in [-0.3, -0.25) is 28.8 Å². The van der Waals surface area contributed by atoms with Crippen molar-refractivity contribution in [2.45, 2.75) is 114 Å². The molecule has 1 fully saturated rings. The Balaban J connectivity index is 0.587. The number of amides is 5. The number of hydrogen-bond acceptors (Lipinski definition) is 14. The Bertz CT molecular complexity index is 5600. The van der Waals surface area contributed by atoms with E-state index in [4.69, 9.17) is 18.6 Å². The molecule has 0 saturated carbocycles. The SMILES string of the molecule is COc1ccc(-c2ccc3n2[B-](F)(F)[N+]2=C(C)C(CCC(=O)NCCCCCC(=O)NCCCC[C@@H](NC(=O)[C@@H](Cc4ccccc4)NC(=O)OCc4ccccc4)C(=O)COC(=O)CNC(=O)C4CCN(S(=O)(=O)c5ccccc5-c5c6ccc(=[N+](C)c7ccccc7)cc-6oc6cc(Nc7ccccc7)ccc56)CC4)=C(C)C2=C3)cc1. The maximum atomic E-state index is 16.6. The highest BCUT2D eigenvalue weighted by Crippen LogP contribution is 2.45. The largest absolute Gasteiger partial charge is 0.737 e. The normalized spacial score (nSPS) is 14.7. The van der Waals surface area contributed by atoms with E-state index in [1.54, 1.807) is 135 Å². The standard InChI is InChI=1S/C91H95BF2N10O13S/c1-61-73(62(2)103-80(61)56-71-40-46-79(104(71)92(103,93)94)65-36-41-72(114-4)42-37-65)45-47-86(107)96-50-22-9-18-35-85(106)95-51-23-21-33-77(99-90(110)78(54-63-24-10-5-11-25-63)100-91(111)116-59-64-26-12-6-13-27-64)81(105)60-115-87(108)58-97-89(109)66-48-52-102(53-49-66)118(112,113)84-34-20-19-32-76(84)88-74-43-38-68(98-67-28-14-7-15-29-67)55-82(74)117-83-57-70(39-44-75(83)88)101(3)69-30-16-8-17-31-69/h5-8,10-17,19-20,24-32,34,36-44,46,55-57,66,77-78H,9,18,21-23,33,35,45,47-54,58-60H2,1-4H3,(H5,95,96,97,99,100,106,107,109,110,111)/p+1/t77-,78-/m1/s1. The van der Waals surface area contributed by atoms with Crippen LogP contribution in [0.3, 0.4) is 0 Å². The third kappa shape index (κ3) is 20.1. The Morgan fingerprint density at radius 3 is 2.03 bits per heavy atom. The lowest BCUT2D eigenvalue weighted by Crippen LogP contribution is -2.53. The van der Waals surface area contributed by atoms with Crippen molar-refractivity contribution < 1.29 is 73.7 Å². The number of piperidine rings is 1. The summed E-state index contributed by atoms with van der Waals surface area (Å²) in [6.07, 6.45) is 4.27. The fourth-order valence-corrected chi connectivity index (χ4v) is 17.2. The second kappa shape index (κ2) is 38.4. The molecule has 5 amide bonds. The van der Waals surface area contributed by atoms with Gasteiger partial charge in [-0.05, 0) is 148 Å². The number of aromatic nitrogens is 1. The molecule has 6 N–H and O–H groups in total. The summed E-state index contributed by atoms with van der Waals surface area (Å²) in [4.78, 5) is 95.3. The molecule has 1 aromatic heterocycles. The Hall–Kier alpha value is -12.6. The van der Waals surface area contributed by atoms with Crippen LogP contribution in [0, 0.1) is 5.92 Å². The molecule has 0 unspecified atom stereocenters. The summed E-state index contributed by atoms with van der Waals surface area (Å²) in [5.41, 5.74) is 9.98. The van der Waals surface area contributed by atoms with Crippen molar-refractivity contribution in [3.8, 4) is 39.5 Å². The third-order valence-corrected chi connectivity index (χ3v) is 23.8. The van der Waals surface area contributed by atoms with E-state index in [-0.39, 0.29) is 87.9 Å². The molecule has 2 atom stereocenters. The fraction of sp³-hybridized carbons (Fsp3) is 0.286. The molecule has 4 aliphatic heterocycles. The Labute approximate surface area is 684 Å². The van der Waals surface area contributed by atoms with Crippen molar-refractivity contribution in [1.29, 1.82) is 0 Å². The molecule has 0 spiro atoms. The maximum Gasteiger partial charge on any atom is 0.737 e. The van der Waals surface area contributed by atoms with Gasteiger partial charge >= 0.3 is 19.0 Å². The first kappa shape index (κ1) is 83.3. The number of allylic oxidation sites excluding steroid dienone is 2. The van der Waals surface area contributed by atoms with Crippen LogP contribution in [0.15, 0.2) is 245 Å². The molecule has 5 heterocycles. The number of nitrogens with one attached hydrogen (secondary N) is 6. The van der Waals surface area contributed by atoms with Crippen LogP contribution in [0.1, 0.15) is 101 Å². The number of carbonyl (C=O) groups is 7. The summed E-state index contributed by atoms with van der Waals surface area (Å²) in [5.74, 6) is -2.80. The van der Waals surface area contributed by atoms with Gasteiger partial charge in [-0.15, -0.1) is 0 Å². The van der Waals surface area contributed by atoms with Crippen LogP contribution >= 0.6 is 0 Å². The van der Waals surface area contributed by atoms with Crippen molar-refractivity contribution in [2.24, 2.45) is 5.92 Å². The van der Waals surface area contributed by atoms with Crippen LogP contribution in [0.25, 0.3) is 50.8 Å². The molecular weight excluding hydrogens is 1520 g/mol. The third-order valence-electron chi connectivity index (χ3n) is 21.9. The number of hydrogen-bond donors (Lipinski definition) is 6. The molecule has 7 aromatic carbocycles. The molecule has 23 nitrogen and oxygen atoms in total. The van der Waals surface area contributed by atoms with Crippen LogP contribution in [0.4, 0.5) is 30.5 Å². The van der Waals surface area contributed by atoms with Crippen molar-refractivity contribution in [3.05, 3.63) is 257 Å². The molecule has 0 radical (unpaired) electrons. The molecule has 1 saturated heterocycles. The molecule has 5 aliphatic rings. The Morgan fingerprint density at radius 2 is 1.31 bits per heavy atom. The first-order chi connectivity index (χ1) is 57.1. The number of alkyl carbamates (subject to hydrolysis) is 1. The van der Waals surface area contributed by atoms with Gasteiger partial charge in [-0.25, -0.2) is 13.2 Å². The second-order valence-electron chi connectivity index (χ2n) is 29.7. The number of fused-ring (bicyclic) bond motifs is 4. The molecular formula is C91H96BF2N10O13S+. The smallest absolute Gasteiger partial charge is 0.497 e. The number of methoxy groups -OCH3 is 1. The first-order valence-corrected chi connectivity index (χ1v) is 41.3. The van der Waals surface area contributed by atoms with E-state index in [2.05, 4.69) is 31.9 Å². The average molecular weight is 1620 g/mol. The van der Waals surface area contributed by atoms with Gasteiger partial charge in [-0.1, -0.05) is 122 Å². The summed E-state index contributed by atoms with van der Waals surface area (Å²) in [6.45, 7) is -1.69. The zero-order chi connectivity index (χ0) is 82.9. The summed E-state index contributed by atoms with van der Waals surface area (Å²) in [7, 11) is -0.700. The van der Waals surface area contributed by atoms with Gasteiger partial charge in [0.15, 0.2) is 18.1 Å². The highest BCUT2D eigenvalue weighted by Gasteiger charge is 2.54. The second-order valence-corrected chi connectivity index (χ2v) is 31.6. The molecule has 13 rings (SSSR count). The Kier molecular flexibility index (Phi) is 27.1. The summed E-state index contributed by atoms with van der Waals surface area (Å²) < 4.78 is 92.0.